The molecule has 0 bridgehead atoms. The van der Waals surface area contributed by atoms with E-state index in [-0.39, 0.29) is 24.7 Å². The Morgan fingerprint density at radius 2 is 2.00 bits per heavy atom. The van der Waals surface area contributed by atoms with Gasteiger partial charge in [0, 0.05) is 24.3 Å². The van der Waals surface area contributed by atoms with Gasteiger partial charge in [0.25, 0.3) is 5.91 Å². The lowest BCUT2D eigenvalue weighted by molar-refractivity contribution is 0.102. The molecule has 0 spiro atoms. The molecular formula is C24H26FN7O2S. The first-order valence-corrected chi connectivity index (χ1v) is 12.5. The maximum atomic E-state index is 14.2. The number of hydrogen-bond donors (Lipinski definition) is 2. The van der Waals surface area contributed by atoms with E-state index in [4.69, 9.17) is 0 Å². The van der Waals surface area contributed by atoms with Gasteiger partial charge in [-0.1, -0.05) is 48.8 Å². The van der Waals surface area contributed by atoms with Gasteiger partial charge in [-0.05, 0) is 31.0 Å². The highest BCUT2D eigenvalue weighted by atomic mass is 32.1. The number of carbonyl (C=O) groups is 1. The first-order chi connectivity index (χ1) is 17.1. The van der Waals surface area contributed by atoms with Crippen LogP contribution in [-0.4, -0.2) is 55.2 Å². The number of hydrogen-bond acceptors (Lipinski definition) is 8. The minimum atomic E-state index is -0.440. The van der Waals surface area contributed by atoms with Gasteiger partial charge >= 0.3 is 0 Å². The van der Waals surface area contributed by atoms with E-state index < -0.39 is 5.91 Å². The van der Waals surface area contributed by atoms with Gasteiger partial charge in [-0.15, -0.1) is 10.2 Å². The van der Waals surface area contributed by atoms with Crippen molar-refractivity contribution in [2.75, 3.05) is 23.4 Å². The van der Waals surface area contributed by atoms with E-state index in [0.29, 0.717) is 39.4 Å². The Hall–Kier alpha value is -3.44. The molecule has 0 atom stereocenters. The summed E-state index contributed by atoms with van der Waals surface area (Å²) in [6.07, 6.45) is 7.27. The minimum absolute atomic E-state index is 0.0240. The number of fused-ring (bicyclic) bond motifs is 1. The Bertz CT molecular complexity index is 1320. The third-order valence-electron chi connectivity index (χ3n) is 6.24. The third kappa shape index (κ3) is 5.01. The van der Waals surface area contributed by atoms with Gasteiger partial charge in [-0.25, -0.2) is 14.1 Å². The summed E-state index contributed by atoms with van der Waals surface area (Å²) >= 11 is 1.28. The SMILES string of the molecule is O=C(Nc1nnc(N(CCO)C2CCCCC2)s1)c1nn(Cc2ccccc2F)c2ncccc12. The van der Waals surface area contributed by atoms with Crippen LogP contribution in [0.3, 0.4) is 0 Å². The number of benzene rings is 1. The normalized spacial score (nSPS) is 14.3. The van der Waals surface area contributed by atoms with E-state index in [1.54, 1.807) is 36.5 Å². The summed E-state index contributed by atoms with van der Waals surface area (Å²) in [7, 11) is 0. The van der Waals surface area contributed by atoms with E-state index in [1.807, 2.05) is 0 Å². The molecule has 0 radical (unpaired) electrons. The number of aliphatic hydroxyl groups excluding tert-OH is 1. The van der Waals surface area contributed by atoms with E-state index in [1.165, 1.54) is 28.5 Å². The van der Waals surface area contributed by atoms with Crippen molar-refractivity contribution in [2.24, 2.45) is 0 Å². The number of anilines is 2. The molecule has 3 aromatic heterocycles. The van der Waals surface area contributed by atoms with Crippen LogP contribution in [0, 0.1) is 5.82 Å². The Kier molecular flexibility index (Phi) is 6.96. The molecule has 182 valence electrons. The molecule has 1 aliphatic rings. The standard InChI is InChI=1S/C24H26FN7O2S/c25-19-11-5-4-7-16(19)15-32-21-18(10-6-12-26-21)20(30-32)22(34)27-23-28-29-24(35-23)31(13-14-33)17-8-2-1-3-9-17/h4-7,10-12,17,33H,1-3,8-9,13-15H2,(H,27,28,34). The number of nitrogens with one attached hydrogen (secondary N) is 1. The Morgan fingerprint density at radius 1 is 1.17 bits per heavy atom. The second-order valence-electron chi connectivity index (χ2n) is 8.52. The van der Waals surface area contributed by atoms with Crippen LogP contribution < -0.4 is 10.2 Å². The summed E-state index contributed by atoms with van der Waals surface area (Å²) < 4.78 is 15.7. The van der Waals surface area contributed by atoms with E-state index in [2.05, 4.69) is 30.5 Å². The molecule has 2 N–H and O–H groups in total. The largest absolute Gasteiger partial charge is 0.395 e. The highest BCUT2D eigenvalue weighted by molar-refractivity contribution is 7.19. The number of nitrogens with zero attached hydrogens (tertiary/aromatic N) is 6. The van der Waals surface area contributed by atoms with Crippen LogP contribution in [0.1, 0.15) is 48.2 Å². The summed E-state index contributed by atoms with van der Waals surface area (Å²) in [6.45, 7) is 0.647. The molecular weight excluding hydrogens is 469 g/mol. The molecule has 11 heteroatoms. The van der Waals surface area contributed by atoms with Crippen molar-refractivity contribution in [2.45, 2.75) is 44.7 Å². The quantitative estimate of drug-likeness (QED) is 0.382. The van der Waals surface area contributed by atoms with Crippen LogP contribution >= 0.6 is 11.3 Å². The van der Waals surface area contributed by atoms with Gasteiger partial charge in [0.1, 0.15) is 5.82 Å². The molecule has 1 amide bonds. The van der Waals surface area contributed by atoms with Crippen LogP contribution in [0.4, 0.5) is 14.7 Å². The predicted molar refractivity (Wildman–Crippen MR) is 132 cm³/mol. The van der Waals surface area contributed by atoms with E-state index in [9.17, 15) is 14.3 Å². The molecule has 35 heavy (non-hydrogen) atoms. The number of halogens is 1. The van der Waals surface area contributed by atoms with Gasteiger partial charge in [-0.2, -0.15) is 5.10 Å². The number of aromatic nitrogens is 5. The van der Waals surface area contributed by atoms with Crippen molar-refractivity contribution < 1.29 is 14.3 Å². The van der Waals surface area contributed by atoms with Crippen LogP contribution in [0.5, 0.6) is 0 Å². The van der Waals surface area contributed by atoms with Gasteiger partial charge in [0.2, 0.25) is 10.3 Å². The fourth-order valence-electron chi connectivity index (χ4n) is 4.55. The molecule has 0 saturated heterocycles. The lowest BCUT2D eigenvalue weighted by Gasteiger charge is -2.33. The molecule has 1 aliphatic carbocycles. The fourth-order valence-corrected chi connectivity index (χ4v) is 5.39. The number of pyridine rings is 1. The highest BCUT2D eigenvalue weighted by Crippen LogP contribution is 2.31. The number of rotatable bonds is 8. The zero-order chi connectivity index (χ0) is 24.2. The fraction of sp³-hybridized carbons (Fsp3) is 0.375. The van der Waals surface area contributed by atoms with Gasteiger partial charge in [0.05, 0.1) is 18.5 Å². The number of aliphatic hydroxyl groups is 1. The average Bonchev–Trinajstić information content (AvgIpc) is 3.49. The van der Waals surface area contributed by atoms with Crippen LogP contribution in [0.25, 0.3) is 11.0 Å². The first kappa shape index (κ1) is 23.3. The van der Waals surface area contributed by atoms with Crippen LogP contribution in [-0.2, 0) is 6.54 Å². The summed E-state index contributed by atoms with van der Waals surface area (Å²) in [6, 6.07) is 10.3. The summed E-state index contributed by atoms with van der Waals surface area (Å²) in [5.74, 6) is -0.783. The second-order valence-corrected chi connectivity index (χ2v) is 9.48. The maximum Gasteiger partial charge on any atom is 0.278 e. The molecule has 1 aromatic carbocycles. The molecule has 9 nitrogen and oxygen atoms in total. The maximum absolute atomic E-state index is 14.2. The lowest BCUT2D eigenvalue weighted by Crippen LogP contribution is -2.38. The van der Waals surface area contributed by atoms with Gasteiger partial charge < -0.3 is 10.0 Å². The third-order valence-corrected chi connectivity index (χ3v) is 7.11. The van der Waals surface area contributed by atoms with Crippen molar-refractivity contribution in [3.63, 3.8) is 0 Å². The number of carbonyl (C=O) groups excluding carboxylic acids is 1. The van der Waals surface area contributed by atoms with Gasteiger partial charge in [0.15, 0.2) is 11.3 Å². The molecule has 3 heterocycles. The molecule has 1 fully saturated rings. The van der Waals surface area contributed by atoms with Gasteiger partial charge in [-0.3, -0.25) is 10.1 Å². The highest BCUT2D eigenvalue weighted by Gasteiger charge is 2.25. The predicted octanol–water partition coefficient (Wildman–Crippen LogP) is 3.85. The second kappa shape index (κ2) is 10.4. The smallest absolute Gasteiger partial charge is 0.278 e. The van der Waals surface area contributed by atoms with Crippen molar-refractivity contribution in [1.82, 2.24) is 25.0 Å². The molecule has 0 aliphatic heterocycles. The molecule has 4 aromatic rings. The van der Waals surface area contributed by atoms with Crippen LogP contribution in [0.15, 0.2) is 42.6 Å². The average molecular weight is 496 g/mol. The molecule has 0 unspecified atom stereocenters. The molecule has 5 rings (SSSR count). The summed E-state index contributed by atoms with van der Waals surface area (Å²) in [5, 5.41) is 26.8. The Balaban J connectivity index is 1.38. The van der Waals surface area contributed by atoms with Crippen molar-refractivity contribution >= 4 is 38.5 Å². The van der Waals surface area contributed by atoms with E-state index >= 15 is 0 Å². The Morgan fingerprint density at radius 3 is 2.80 bits per heavy atom. The van der Waals surface area contributed by atoms with E-state index in [0.717, 1.165) is 25.7 Å². The first-order valence-electron chi connectivity index (χ1n) is 11.7. The number of amides is 1. The monoisotopic (exact) mass is 495 g/mol. The van der Waals surface area contributed by atoms with Crippen molar-refractivity contribution in [3.05, 3.63) is 59.7 Å². The van der Waals surface area contributed by atoms with Crippen LogP contribution in [0.2, 0.25) is 0 Å². The zero-order valence-electron chi connectivity index (χ0n) is 19.1. The van der Waals surface area contributed by atoms with Crippen molar-refractivity contribution in [3.8, 4) is 0 Å². The zero-order valence-corrected chi connectivity index (χ0v) is 19.9. The van der Waals surface area contributed by atoms with Crippen molar-refractivity contribution in [1.29, 1.82) is 0 Å². The Labute approximate surface area is 205 Å². The summed E-state index contributed by atoms with van der Waals surface area (Å²) in [5.41, 5.74) is 1.13. The topological polar surface area (TPSA) is 109 Å². The summed E-state index contributed by atoms with van der Waals surface area (Å²) in [4.78, 5) is 19.6. The molecule has 1 saturated carbocycles. The minimum Gasteiger partial charge on any atom is -0.395 e. The lowest BCUT2D eigenvalue weighted by atomic mass is 9.94.